The minimum atomic E-state index is -2.70. The second-order valence-electron chi connectivity index (χ2n) is 2.77. The van der Waals surface area contributed by atoms with E-state index in [1.54, 1.807) is 7.05 Å². The van der Waals surface area contributed by atoms with Gasteiger partial charge in [-0.15, -0.1) is 0 Å². The minimum Gasteiger partial charge on any atom is -0.316 e. The van der Waals surface area contributed by atoms with Crippen LogP contribution in [0.1, 0.15) is 13.3 Å². The molecule has 1 N–H and O–H groups in total. The van der Waals surface area contributed by atoms with Gasteiger partial charge < -0.3 is 5.32 Å². The van der Waals surface area contributed by atoms with Crippen LogP contribution < -0.4 is 5.32 Å². The highest BCUT2D eigenvalue weighted by Crippen LogP contribution is 2.23. The van der Waals surface area contributed by atoms with Crippen LogP contribution >= 0.6 is 0 Å². The van der Waals surface area contributed by atoms with Crippen LogP contribution in [0.4, 0.5) is 0 Å². The van der Waals surface area contributed by atoms with E-state index < -0.39 is 9.84 Å². The van der Waals surface area contributed by atoms with Crippen LogP contribution in [0.2, 0.25) is 0 Å². The molecular weight excluding hydrogens is 150 g/mol. The van der Waals surface area contributed by atoms with Crippen LogP contribution in [0.5, 0.6) is 0 Å². The molecule has 4 heteroatoms. The van der Waals surface area contributed by atoms with Crippen molar-refractivity contribution in [2.24, 2.45) is 0 Å². The number of hydrogen-bond donors (Lipinski definition) is 1. The van der Waals surface area contributed by atoms with E-state index in [1.165, 1.54) is 0 Å². The van der Waals surface area contributed by atoms with Gasteiger partial charge in [0.15, 0.2) is 9.84 Å². The van der Waals surface area contributed by atoms with E-state index in [-0.39, 0.29) is 11.3 Å². The molecule has 0 bridgehead atoms. The van der Waals surface area contributed by atoms with Gasteiger partial charge in [-0.05, 0) is 20.4 Å². The Bertz CT molecular complexity index is 210. The fourth-order valence-corrected chi connectivity index (χ4v) is 2.84. The maximum absolute atomic E-state index is 11.0. The molecule has 1 rings (SSSR count). The molecule has 0 spiro atoms. The van der Waals surface area contributed by atoms with Crippen molar-refractivity contribution in [3.05, 3.63) is 0 Å². The molecule has 1 fully saturated rings. The van der Waals surface area contributed by atoms with Gasteiger partial charge in [0.05, 0.1) is 11.0 Å². The first-order valence-corrected chi connectivity index (χ1v) is 5.18. The summed E-state index contributed by atoms with van der Waals surface area (Å²) in [5.74, 6) is 0.379. The van der Waals surface area contributed by atoms with E-state index in [1.807, 2.05) is 6.92 Å². The summed E-state index contributed by atoms with van der Waals surface area (Å²) in [6, 6.07) is 0.110. The molecule has 1 heterocycles. The van der Waals surface area contributed by atoms with Crippen molar-refractivity contribution >= 4 is 9.84 Å². The van der Waals surface area contributed by atoms with Crippen LogP contribution in [-0.2, 0) is 9.84 Å². The van der Waals surface area contributed by atoms with Crippen LogP contribution in [0.25, 0.3) is 0 Å². The minimum absolute atomic E-state index is 0.110. The molecule has 2 unspecified atom stereocenters. The topological polar surface area (TPSA) is 46.2 Å². The molecule has 10 heavy (non-hydrogen) atoms. The molecule has 0 saturated carbocycles. The Morgan fingerprint density at radius 3 is 2.30 bits per heavy atom. The maximum atomic E-state index is 11.0. The van der Waals surface area contributed by atoms with Crippen molar-refractivity contribution in [1.82, 2.24) is 5.32 Å². The van der Waals surface area contributed by atoms with Crippen LogP contribution in [-0.4, -0.2) is 32.5 Å². The molecule has 1 aliphatic rings. The van der Waals surface area contributed by atoms with E-state index in [0.717, 1.165) is 6.42 Å². The Morgan fingerprint density at radius 1 is 1.60 bits per heavy atom. The van der Waals surface area contributed by atoms with Crippen molar-refractivity contribution in [3.63, 3.8) is 0 Å². The Labute approximate surface area is 61.7 Å². The average Bonchev–Trinajstić information content (AvgIpc) is 1.86. The van der Waals surface area contributed by atoms with Crippen molar-refractivity contribution in [2.75, 3.05) is 12.8 Å². The van der Waals surface area contributed by atoms with E-state index in [4.69, 9.17) is 0 Å². The number of nitrogens with one attached hydrogen (secondary N) is 1. The second kappa shape index (κ2) is 2.51. The fraction of sp³-hybridized carbons (Fsp3) is 1.00. The van der Waals surface area contributed by atoms with Crippen LogP contribution in [0, 0.1) is 0 Å². The van der Waals surface area contributed by atoms with Gasteiger partial charge in [0.2, 0.25) is 0 Å². The largest absolute Gasteiger partial charge is 0.316 e. The van der Waals surface area contributed by atoms with Gasteiger partial charge in [-0.25, -0.2) is 8.42 Å². The van der Waals surface area contributed by atoms with Gasteiger partial charge >= 0.3 is 0 Å². The summed E-state index contributed by atoms with van der Waals surface area (Å²) in [5, 5.41) is 2.82. The molecule has 2 atom stereocenters. The molecule has 0 aromatic rings. The zero-order valence-electron chi connectivity index (χ0n) is 6.29. The lowest BCUT2D eigenvalue weighted by atomic mass is 10.2. The Kier molecular flexibility index (Phi) is 2.01. The number of sulfone groups is 1. The second-order valence-corrected chi connectivity index (χ2v) is 5.11. The first-order valence-electron chi connectivity index (χ1n) is 3.47. The molecule has 3 nitrogen and oxygen atoms in total. The normalized spacial score (nSPS) is 32.8. The van der Waals surface area contributed by atoms with E-state index >= 15 is 0 Å². The summed E-state index contributed by atoms with van der Waals surface area (Å²) in [6.45, 7) is 1.90. The molecule has 0 aromatic heterocycles. The quantitative estimate of drug-likeness (QED) is 0.612. The van der Waals surface area contributed by atoms with Gasteiger partial charge in [-0.2, -0.15) is 0 Å². The Morgan fingerprint density at radius 2 is 2.20 bits per heavy atom. The number of rotatable bonds is 2. The van der Waals surface area contributed by atoms with Gasteiger partial charge in [0, 0.05) is 6.04 Å². The summed E-state index contributed by atoms with van der Waals surface area (Å²) in [5.41, 5.74) is 0. The zero-order valence-corrected chi connectivity index (χ0v) is 7.11. The zero-order chi connectivity index (χ0) is 7.78. The van der Waals surface area contributed by atoms with Crippen molar-refractivity contribution in [1.29, 1.82) is 0 Å². The third-order valence-corrected chi connectivity index (χ3v) is 4.53. The number of hydrogen-bond acceptors (Lipinski definition) is 3. The van der Waals surface area contributed by atoms with Gasteiger partial charge in [0.1, 0.15) is 0 Å². The average molecular weight is 163 g/mol. The van der Waals surface area contributed by atoms with Gasteiger partial charge in [-0.3, -0.25) is 0 Å². The lowest BCUT2D eigenvalue weighted by Gasteiger charge is -2.30. The third kappa shape index (κ3) is 1.18. The van der Waals surface area contributed by atoms with Crippen LogP contribution in [0.15, 0.2) is 0 Å². The van der Waals surface area contributed by atoms with Gasteiger partial charge in [-0.1, -0.05) is 0 Å². The molecule has 0 aliphatic carbocycles. The Balaban J connectivity index is 2.60. The SMILES string of the molecule is CNC(C)C1CCS1(=O)=O. The lowest BCUT2D eigenvalue weighted by Crippen LogP contribution is -2.49. The van der Waals surface area contributed by atoms with Gasteiger partial charge in [0.25, 0.3) is 0 Å². The first-order chi connectivity index (χ1) is 4.58. The fourth-order valence-electron chi connectivity index (χ4n) is 1.19. The first kappa shape index (κ1) is 8.01. The molecular formula is C6H13NO2S. The smallest absolute Gasteiger partial charge is 0.154 e. The summed E-state index contributed by atoms with van der Waals surface area (Å²) in [4.78, 5) is 0. The monoisotopic (exact) mass is 163 g/mol. The maximum Gasteiger partial charge on any atom is 0.154 e. The van der Waals surface area contributed by atoms with Crippen molar-refractivity contribution < 1.29 is 8.42 Å². The van der Waals surface area contributed by atoms with Crippen LogP contribution in [0.3, 0.4) is 0 Å². The molecule has 0 aromatic carbocycles. The summed E-state index contributed by atoms with van der Waals surface area (Å²) < 4.78 is 22.0. The highest BCUT2D eigenvalue weighted by Gasteiger charge is 2.38. The third-order valence-electron chi connectivity index (χ3n) is 2.16. The Hall–Kier alpha value is -0.0900. The van der Waals surface area contributed by atoms with E-state index in [0.29, 0.717) is 5.75 Å². The molecule has 60 valence electrons. The molecule has 0 radical (unpaired) electrons. The van der Waals surface area contributed by atoms with E-state index in [2.05, 4.69) is 5.32 Å². The van der Waals surface area contributed by atoms with E-state index in [9.17, 15) is 8.42 Å². The van der Waals surface area contributed by atoms with Crippen molar-refractivity contribution in [2.45, 2.75) is 24.6 Å². The molecule has 1 saturated heterocycles. The lowest BCUT2D eigenvalue weighted by molar-refractivity contribution is 0.485. The summed E-state index contributed by atoms with van der Waals surface area (Å²) in [7, 11) is -0.906. The standard InChI is InChI=1S/C6H13NO2S/c1-5(7-2)6-3-4-10(6,8)9/h5-7H,3-4H2,1-2H3. The van der Waals surface area contributed by atoms with Crippen molar-refractivity contribution in [3.8, 4) is 0 Å². The molecule has 1 aliphatic heterocycles. The summed E-state index contributed by atoms with van der Waals surface area (Å²) in [6.07, 6.45) is 0.824. The summed E-state index contributed by atoms with van der Waals surface area (Å²) >= 11 is 0. The highest BCUT2D eigenvalue weighted by molar-refractivity contribution is 7.93. The predicted octanol–water partition coefficient (Wildman–Crippen LogP) is -0.219. The molecule has 0 amide bonds. The predicted molar refractivity (Wildman–Crippen MR) is 40.7 cm³/mol. The highest BCUT2D eigenvalue weighted by atomic mass is 32.2.